The Bertz CT molecular complexity index is 727. The Morgan fingerprint density at radius 2 is 1.72 bits per heavy atom. The van der Waals surface area contributed by atoms with Crippen LogP contribution < -0.4 is 11.1 Å². The van der Waals surface area contributed by atoms with Gasteiger partial charge in [0.2, 0.25) is 0 Å². The third-order valence-electron chi connectivity index (χ3n) is 3.87. The molecule has 0 aliphatic heterocycles. The van der Waals surface area contributed by atoms with E-state index in [2.05, 4.69) is 5.32 Å². The number of benzene rings is 2. The topological polar surface area (TPSA) is 55.1 Å². The predicted octanol–water partition coefficient (Wildman–Crippen LogP) is 4.36. The van der Waals surface area contributed by atoms with Gasteiger partial charge < -0.3 is 11.1 Å². The highest BCUT2D eigenvalue weighted by molar-refractivity contribution is 5.94. The summed E-state index contributed by atoms with van der Waals surface area (Å²) in [6.45, 7) is 6.06. The molecule has 0 saturated carbocycles. The Balaban J connectivity index is 0.00000312. The van der Waals surface area contributed by atoms with Gasteiger partial charge in [-0.25, -0.2) is 8.78 Å². The molecule has 0 fully saturated rings. The number of carbonyl (C=O) groups is 1. The maximum Gasteiger partial charge on any atom is 0.251 e. The van der Waals surface area contributed by atoms with Gasteiger partial charge in [-0.05, 0) is 29.2 Å². The Morgan fingerprint density at radius 1 is 1.12 bits per heavy atom. The molecule has 3 nitrogen and oxygen atoms in total. The van der Waals surface area contributed by atoms with Crippen LogP contribution in [0.15, 0.2) is 42.5 Å². The quantitative estimate of drug-likeness (QED) is 0.842. The first-order valence-electron chi connectivity index (χ1n) is 7.77. The van der Waals surface area contributed by atoms with Crippen LogP contribution in [0.4, 0.5) is 8.78 Å². The third-order valence-corrected chi connectivity index (χ3v) is 3.87. The van der Waals surface area contributed by atoms with Gasteiger partial charge in [-0.15, -0.1) is 12.4 Å². The van der Waals surface area contributed by atoms with Crippen LogP contribution in [-0.2, 0) is 6.54 Å². The highest BCUT2D eigenvalue weighted by atomic mass is 35.5. The van der Waals surface area contributed by atoms with E-state index in [1.165, 1.54) is 12.1 Å². The maximum absolute atomic E-state index is 14.2. The monoisotopic (exact) mass is 368 g/mol. The molecule has 1 unspecified atom stereocenters. The number of hydrogen-bond donors (Lipinski definition) is 2. The van der Waals surface area contributed by atoms with Crippen molar-refractivity contribution in [1.82, 2.24) is 5.32 Å². The van der Waals surface area contributed by atoms with E-state index in [-0.39, 0.29) is 23.9 Å². The first kappa shape index (κ1) is 21.1. The van der Waals surface area contributed by atoms with E-state index < -0.39 is 23.1 Å². The standard InChI is InChI=1S/C19H22F2N2O.ClH/c1-19(2,3)17(15-9-8-14(20)10-16(15)21)23-18(24)13-6-4-12(11-22)5-7-13;/h4-10,17H,11,22H2,1-3H3,(H,23,24);1H. The molecular weight excluding hydrogens is 346 g/mol. The smallest absolute Gasteiger partial charge is 0.251 e. The van der Waals surface area contributed by atoms with Crippen LogP contribution in [0.3, 0.4) is 0 Å². The number of nitrogens with one attached hydrogen (secondary N) is 1. The molecule has 0 aromatic heterocycles. The van der Waals surface area contributed by atoms with Crippen LogP contribution in [-0.4, -0.2) is 5.91 Å². The highest BCUT2D eigenvalue weighted by Crippen LogP contribution is 2.34. The number of rotatable bonds is 4. The molecule has 0 saturated heterocycles. The van der Waals surface area contributed by atoms with Crippen molar-refractivity contribution in [1.29, 1.82) is 0 Å². The molecule has 0 aliphatic rings. The molecule has 25 heavy (non-hydrogen) atoms. The fraction of sp³-hybridized carbons (Fsp3) is 0.316. The lowest BCUT2D eigenvalue weighted by atomic mass is 9.82. The summed E-state index contributed by atoms with van der Waals surface area (Å²) in [5, 5.41) is 2.85. The van der Waals surface area contributed by atoms with Crippen LogP contribution in [0, 0.1) is 17.0 Å². The van der Waals surface area contributed by atoms with Gasteiger partial charge in [0.05, 0.1) is 6.04 Å². The second-order valence-corrected chi connectivity index (χ2v) is 6.84. The minimum Gasteiger partial charge on any atom is -0.345 e. The minimum absolute atomic E-state index is 0. The molecule has 0 radical (unpaired) electrons. The summed E-state index contributed by atoms with van der Waals surface area (Å²) < 4.78 is 27.3. The van der Waals surface area contributed by atoms with Crippen LogP contribution >= 0.6 is 12.4 Å². The molecule has 0 spiro atoms. The summed E-state index contributed by atoms with van der Waals surface area (Å²) in [5.41, 5.74) is 6.73. The first-order chi connectivity index (χ1) is 11.2. The molecule has 0 aliphatic carbocycles. The molecule has 6 heteroatoms. The van der Waals surface area contributed by atoms with Crippen molar-refractivity contribution < 1.29 is 13.6 Å². The Morgan fingerprint density at radius 3 is 2.20 bits per heavy atom. The maximum atomic E-state index is 14.2. The van der Waals surface area contributed by atoms with E-state index in [1.54, 1.807) is 24.3 Å². The number of halogens is 3. The fourth-order valence-electron chi connectivity index (χ4n) is 2.50. The average molecular weight is 369 g/mol. The van der Waals surface area contributed by atoms with Crippen LogP contribution in [0.2, 0.25) is 0 Å². The molecule has 2 aromatic carbocycles. The van der Waals surface area contributed by atoms with Crippen LogP contribution in [0.5, 0.6) is 0 Å². The van der Waals surface area contributed by atoms with Gasteiger partial charge >= 0.3 is 0 Å². The van der Waals surface area contributed by atoms with Gasteiger partial charge in [-0.2, -0.15) is 0 Å². The third kappa shape index (κ3) is 5.25. The Labute approximate surface area is 153 Å². The van der Waals surface area contributed by atoms with E-state index >= 15 is 0 Å². The predicted molar refractivity (Wildman–Crippen MR) is 97.6 cm³/mol. The molecule has 136 valence electrons. The normalized spacial score (nSPS) is 12.2. The van der Waals surface area contributed by atoms with Crippen LogP contribution in [0.25, 0.3) is 0 Å². The summed E-state index contributed by atoms with van der Waals surface area (Å²) >= 11 is 0. The number of amides is 1. The zero-order valence-corrected chi connectivity index (χ0v) is 15.3. The van der Waals surface area contributed by atoms with Gasteiger partial charge in [-0.3, -0.25) is 4.79 Å². The van der Waals surface area contributed by atoms with E-state index in [0.29, 0.717) is 12.1 Å². The molecule has 2 aromatic rings. The summed E-state index contributed by atoms with van der Waals surface area (Å²) in [7, 11) is 0. The van der Waals surface area contributed by atoms with E-state index in [0.717, 1.165) is 11.6 Å². The number of nitrogens with two attached hydrogens (primary N) is 1. The van der Waals surface area contributed by atoms with Gasteiger partial charge in [-0.1, -0.05) is 39.0 Å². The minimum atomic E-state index is -0.672. The van der Waals surface area contributed by atoms with E-state index in [1.807, 2.05) is 20.8 Å². The number of carbonyl (C=O) groups excluding carboxylic acids is 1. The lowest BCUT2D eigenvalue weighted by Gasteiger charge is -2.32. The van der Waals surface area contributed by atoms with Crippen molar-refractivity contribution in [2.24, 2.45) is 11.1 Å². The Kier molecular flexibility index (Phi) is 7.08. The lowest BCUT2D eigenvalue weighted by Crippen LogP contribution is -2.37. The van der Waals surface area contributed by atoms with Crippen molar-refractivity contribution >= 4 is 18.3 Å². The molecule has 0 bridgehead atoms. The summed E-state index contributed by atoms with van der Waals surface area (Å²) in [5.74, 6) is -1.64. The first-order valence-corrected chi connectivity index (χ1v) is 7.77. The highest BCUT2D eigenvalue weighted by Gasteiger charge is 2.30. The fourth-order valence-corrected chi connectivity index (χ4v) is 2.50. The van der Waals surface area contributed by atoms with Crippen molar-refractivity contribution in [3.63, 3.8) is 0 Å². The van der Waals surface area contributed by atoms with Crippen molar-refractivity contribution in [3.05, 3.63) is 70.8 Å². The molecule has 1 amide bonds. The molecule has 2 rings (SSSR count). The average Bonchev–Trinajstić information content (AvgIpc) is 2.52. The molecule has 1 atom stereocenters. The largest absolute Gasteiger partial charge is 0.345 e. The molecule has 0 heterocycles. The zero-order chi connectivity index (χ0) is 17.9. The van der Waals surface area contributed by atoms with Gasteiger partial charge in [0.15, 0.2) is 0 Å². The Hall–Kier alpha value is -1.98. The van der Waals surface area contributed by atoms with Gasteiger partial charge in [0.25, 0.3) is 5.91 Å². The summed E-state index contributed by atoms with van der Waals surface area (Å²) in [4.78, 5) is 12.5. The second-order valence-electron chi connectivity index (χ2n) is 6.84. The van der Waals surface area contributed by atoms with Gasteiger partial charge in [0.1, 0.15) is 11.6 Å². The summed E-state index contributed by atoms with van der Waals surface area (Å²) in [6, 6.07) is 9.71. The SMILES string of the molecule is CC(C)(C)C(NC(=O)c1ccc(CN)cc1)c1ccc(F)cc1F.Cl. The van der Waals surface area contributed by atoms with E-state index in [4.69, 9.17) is 5.73 Å². The molecular formula is C19H23ClF2N2O. The van der Waals surface area contributed by atoms with Crippen molar-refractivity contribution in [2.75, 3.05) is 0 Å². The van der Waals surface area contributed by atoms with Crippen molar-refractivity contribution in [2.45, 2.75) is 33.4 Å². The van der Waals surface area contributed by atoms with Gasteiger partial charge in [0, 0.05) is 23.7 Å². The van der Waals surface area contributed by atoms with Crippen LogP contribution in [0.1, 0.15) is 48.3 Å². The molecule has 3 N–H and O–H groups in total. The summed E-state index contributed by atoms with van der Waals surface area (Å²) in [6.07, 6.45) is 0. The second kappa shape index (κ2) is 8.41. The zero-order valence-electron chi connectivity index (χ0n) is 14.5. The lowest BCUT2D eigenvalue weighted by molar-refractivity contribution is 0.0900. The van der Waals surface area contributed by atoms with Crippen molar-refractivity contribution in [3.8, 4) is 0 Å². The van der Waals surface area contributed by atoms with E-state index in [9.17, 15) is 13.6 Å². The number of hydrogen-bond acceptors (Lipinski definition) is 2.